The SMILES string of the molecule is C=C(CCCC)C(C)=Nc1ccccc1. The first-order chi connectivity index (χ1) is 7.24. The highest BCUT2D eigenvalue weighted by molar-refractivity contribution is 5.99. The Bertz CT molecular complexity index is 336. The quantitative estimate of drug-likeness (QED) is 0.621. The summed E-state index contributed by atoms with van der Waals surface area (Å²) < 4.78 is 0. The minimum atomic E-state index is 1.01. The van der Waals surface area contributed by atoms with E-state index in [1.165, 1.54) is 12.8 Å². The standard InChI is InChI=1S/C14H19N/c1-4-5-9-12(2)13(3)15-14-10-7-6-8-11-14/h6-8,10-11H,2,4-5,9H2,1,3H3. The first-order valence-electron chi connectivity index (χ1n) is 5.52. The maximum atomic E-state index is 4.53. The van der Waals surface area contributed by atoms with Crippen LogP contribution in [0.3, 0.4) is 0 Å². The topological polar surface area (TPSA) is 12.4 Å². The lowest BCUT2D eigenvalue weighted by molar-refractivity contribution is 0.804. The molecule has 0 amide bonds. The third kappa shape index (κ3) is 4.11. The Morgan fingerprint density at radius 2 is 1.93 bits per heavy atom. The Labute approximate surface area is 92.6 Å². The van der Waals surface area contributed by atoms with Crippen LogP contribution in [0.15, 0.2) is 47.5 Å². The summed E-state index contributed by atoms with van der Waals surface area (Å²) in [5.74, 6) is 0. The summed E-state index contributed by atoms with van der Waals surface area (Å²) in [5.41, 5.74) is 3.21. The largest absolute Gasteiger partial charge is 0.254 e. The van der Waals surface area contributed by atoms with Gasteiger partial charge in [-0.15, -0.1) is 0 Å². The van der Waals surface area contributed by atoms with Gasteiger partial charge in [-0.25, -0.2) is 0 Å². The lowest BCUT2D eigenvalue weighted by Gasteiger charge is -2.04. The number of para-hydroxylation sites is 1. The molecule has 0 aliphatic heterocycles. The van der Waals surface area contributed by atoms with E-state index in [4.69, 9.17) is 0 Å². The van der Waals surface area contributed by atoms with Crippen LogP contribution in [0.1, 0.15) is 33.1 Å². The van der Waals surface area contributed by atoms with E-state index in [1.54, 1.807) is 0 Å². The second-order valence-electron chi connectivity index (χ2n) is 3.74. The van der Waals surface area contributed by atoms with Crippen molar-refractivity contribution < 1.29 is 0 Å². The van der Waals surface area contributed by atoms with E-state index in [-0.39, 0.29) is 0 Å². The molecule has 1 aromatic carbocycles. The van der Waals surface area contributed by atoms with Gasteiger partial charge in [0, 0.05) is 5.71 Å². The second kappa shape index (κ2) is 6.18. The molecule has 0 aliphatic carbocycles. The highest BCUT2D eigenvalue weighted by atomic mass is 14.7. The van der Waals surface area contributed by atoms with E-state index >= 15 is 0 Å². The number of benzene rings is 1. The van der Waals surface area contributed by atoms with Gasteiger partial charge in [0.2, 0.25) is 0 Å². The number of allylic oxidation sites excluding steroid dienone is 1. The smallest absolute Gasteiger partial charge is 0.0632 e. The molecule has 1 rings (SSSR count). The van der Waals surface area contributed by atoms with Crippen LogP contribution in [0.5, 0.6) is 0 Å². The van der Waals surface area contributed by atoms with Gasteiger partial charge in [-0.05, 0) is 37.5 Å². The molecule has 0 saturated carbocycles. The predicted molar refractivity (Wildman–Crippen MR) is 67.9 cm³/mol. The maximum Gasteiger partial charge on any atom is 0.0632 e. The second-order valence-corrected chi connectivity index (χ2v) is 3.74. The number of hydrogen-bond acceptors (Lipinski definition) is 1. The van der Waals surface area contributed by atoms with Crippen molar-refractivity contribution in [2.45, 2.75) is 33.1 Å². The lowest BCUT2D eigenvalue weighted by atomic mass is 10.1. The molecule has 0 bridgehead atoms. The fourth-order valence-electron chi connectivity index (χ4n) is 1.35. The van der Waals surface area contributed by atoms with Crippen LogP contribution >= 0.6 is 0 Å². The van der Waals surface area contributed by atoms with Crippen molar-refractivity contribution in [2.24, 2.45) is 4.99 Å². The molecule has 0 radical (unpaired) electrons. The molecule has 1 heteroatoms. The summed E-state index contributed by atoms with van der Waals surface area (Å²) in [7, 11) is 0. The molecule has 1 aromatic rings. The van der Waals surface area contributed by atoms with Crippen molar-refractivity contribution in [3.05, 3.63) is 42.5 Å². The molecule has 15 heavy (non-hydrogen) atoms. The molecule has 0 N–H and O–H groups in total. The van der Waals surface area contributed by atoms with E-state index in [9.17, 15) is 0 Å². The summed E-state index contributed by atoms with van der Waals surface area (Å²) in [4.78, 5) is 4.53. The zero-order chi connectivity index (χ0) is 11.1. The van der Waals surface area contributed by atoms with Crippen molar-refractivity contribution >= 4 is 11.4 Å². The lowest BCUT2D eigenvalue weighted by Crippen LogP contribution is -1.95. The summed E-state index contributed by atoms with van der Waals surface area (Å²) >= 11 is 0. The highest BCUT2D eigenvalue weighted by Crippen LogP contribution is 2.14. The van der Waals surface area contributed by atoms with Crippen LogP contribution in [0.25, 0.3) is 0 Å². The van der Waals surface area contributed by atoms with Gasteiger partial charge >= 0.3 is 0 Å². The van der Waals surface area contributed by atoms with E-state index < -0.39 is 0 Å². The van der Waals surface area contributed by atoms with E-state index in [0.29, 0.717) is 0 Å². The Balaban J connectivity index is 2.63. The van der Waals surface area contributed by atoms with Gasteiger partial charge in [0.1, 0.15) is 0 Å². The number of hydrogen-bond donors (Lipinski definition) is 0. The summed E-state index contributed by atoms with van der Waals surface area (Å²) in [5, 5.41) is 0. The van der Waals surface area contributed by atoms with Gasteiger partial charge in [0.15, 0.2) is 0 Å². The molecule has 0 saturated heterocycles. The molecule has 0 heterocycles. The van der Waals surface area contributed by atoms with Gasteiger partial charge in [-0.2, -0.15) is 0 Å². The van der Waals surface area contributed by atoms with Gasteiger partial charge in [-0.3, -0.25) is 4.99 Å². The number of aliphatic imine (C=N–C) groups is 1. The van der Waals surface area contributed by atoms with Crippen molar-refractivity contribution in [2.75, 3.05) is 0 Å². The Morgan fingerprint density at radius 3 is 2.53 bits per heavy atom. The van der Waals surface area contributed by atoms with Crippen LogP contribution in [-0.2, 0) is 0 Å². The zero-order valence-electron chi connectivity index (χ0n) is 9.66. The minimum absolute atomic E-state index is 1.01. The molecule has 0 fully saturated rings. The molecule has 0 atom stereocenters. The molecule has 0 spiro atoms. The van der Waals surface area contributed by atoms with Crippen LogP contribution < -0.4 is 0 Å². The highest BCUT2D eigenvalue weighted by Gasteiger charge is 1.98. The van der Waals surface area contributed by atoms with Gasteiger partial charge in [-0.1, -0.05) is 38.1 Å². The first kappa shape index (κ1) is 11.7. The molecule has 80 valence electrons. The zero-order valence-corrected chi connectivity index (χ0v) is 9.66. The Kier molecular flexibility index (Phi) is 4.82. The number of rotatable bonds is 5. The predicted octanol–water partition coefficient (Wildman–Crippen LogP) is 4.53. The summed E-state index contributed by atoms with van der Waals surface area (Å²) in [6.07, 6.45) is 3.46. The third-order valence-corrected chi connectivity index (χ3v) is 2.40. The van der Waals surface area contributed by atoms with E-state index in [2.05, 4.69) is 18.5 Å². The third-order valence-electron chi connectivity index (χ3n) is 2.40. The Hall–Kier alpha value is -1.37. The van der Waals surface area contributed by atoms with Crippen LogP contribution in [-0.4, -0.2) is 5.71 Å². The summed E-state index contributed by atoms with van der Waals surface area (Å²) in [6.45, 7) is 8.28. The fraction of sp³-hybridized carbons (Fsp3) is 0.357. The number of nitrogens with zero attached hydrogens (tertiary/aromatic N) is 1. The minimum Gasteiger partial charge on any atom is -0.254 e. The van der Waals surface area contributed by atoms with Crippen LogP contribution in [0, 0.1) is 0 Å². The monoisotopic (exact) mass is 201 g/mol. The average Bonchev–Trinajstić information content (AvgIpc) is 2.27. The van der Waals surface area contributed by atoms with Gasteiger partial charge in [0.05, 0.1) is 5.69 Å². The van der Waals surface area contributed by atoms with Crippen LogP contribution in [0.2, 0.25) is 0 Å². The number of unbranched alkanes of at least 4 members (excludes halogenated alkanes) is 1. The van der Waals surface area contributed by atoms with E-state index in [1.807, 2.05) is 37.3 Å². The Morgan fingerprint density at radius 1 is 1.27 bits per heavy atom. The first-order valence-corrected chi connectivity index (χ1v) is 5.52. The summed E-state index contributed by atoms with van der Waals surface area (Å²) in [6, 6.07) is 10.0. The van der Waals surface area contributed by atoms with Crippen LogP contribution in [0.4, 0.5) is 5.69 Å². The van der Waals surface area contributed by atoms with Gasteiger partial charge in [0.25, 0.3) is 0 Å². The molecular weight excluding hydrogens is 182 g/mol. The van der Waals surface area contributed by atoms with Crippen molar-refractivity contribution in [3.8, 4) is 0 Å². The fourth-order valence-corrected chi connectivity index (χ4v) is 1.35. The molecular formula is C14H19N. The molecule has 1 nitrogen and oxygen atoms in total. The van der Waals surface area contributed by atoms with Gasteiger partial charge < -0.3 is 0 Å². The molecule has 0 unspecified atom stereocenters. The van der Waals surface area contributed by atoms with Crippen molar-refractivity contribution in [3.63, 3.8) is 0 Å². The molecule has 0 aliphatic rings. The van der Waals surface area contributed by atoms with Crippen molar-refractivity contribution in [1.82, 2.24) is 0 Å². The molecule has 0 aromatic heterocycles. The van der Waals surface area contributed by atoms with E-state index in [0.717, 1.165) is 23.4 Å². The van der Waals surface area contributed by atoms with Crippen molar-refractivity contribution in [1.29, 1.82) is 0 Å². The average molecular weight is 201 g/mol. The normalized spacial score (nSPS) is 11.5. The maximum absolute atomic E-state index is 4.53.